The molecule has 0 bridgehead atoms. The van der Waals surface area contributed by atoms with Crippen molar-refractivity contribution in [3.63, 3.8) is 0 Å². The third kappa shape index (κ3) is 2.87. The number of allylic oxidation sites excluding steroid dienone is 1. The molecule has 3 nitrogen and oxygen atoms in total. The molecule has 0 amide bonds. The molecular weight excluding hydrogens is 188 g/mol. The van der Waals surface area contributed by atoms with Gasteiger partial charge in [-0.25, -0.2) is 4.98 Å². The third-order valence-electron chi connectivity index (χ3n) is 1.42. The Bertz CT molecular complexity index is 336. The number of aromatic nitrogens is 1. The Morgan fingerprint density at radius 3 is 2.92 bits per heavy atom. The van der Waals surface area contributed by atoms with Gasteiger partial charge in [-0.15, -0.1) is 0 Å². The number of halogens is 1. The molecule has 0 atom stereocenters. The quantitative estimate of drug-likeness (QED) is 0.594. The summed E-state index contributed by atoms with van der Waals surface area (Å²) in [5.74, 6) is 0. The molecule has 1 rings (SSSR count). The molecule has 0 aliphatic rings. The number of nitrogens with two attached hydrogens (primary N) is 1. The smallest absolute Gasteiger partial charge is 0.152 e. The molecule has 0 aliphatic carbocycles. The van der Waals surface area contributed by atoms with Crippen molar-refractivity contribution in [1.82, 2.24) is 4.98 Å². The van der Waals surface area contributed by atoms with Crippen LogP contribution in [0.15, 0.2) is 18.2 Å². The number of nitrogens with zero attached hydrogens (tertiary/aromatic N) is 1. The summed E-state index contributed by atoms with van der Waals surface area (Å²) >= 11 is 5.69. The molecule has 0 aromatic carbocycles. The maximum atomic E-state index is 10.00. The maximum Gasteiger partial charge on any atom is 0.152 e. The van der Waals surface area contributed by atoms with Crippen LogP contribution in [0.5, 0.6) is 0 Å². The van der Waals surface area contributed by atoms with E-state index < -0.39 is 0 Å². The molecule has 0 saturated heterocycles. The second-order valence-corrected chi connectivity index (χ2v) is 2.78. The Hall–Kier alpha value is -1.35. The topological polar surface area (TPSA) is 56.0 Å². The lowest BCUT2D eigenvalue weighted by atomic mass is 10.3. The van der Waals surface area contributed by atoms with Crippen molar-refractivity contribution in [2.24, 2.45) is 0 Å². The second kappa shape index (κ2) is 4.62. The number of carbonyl (C=O) groups is 1. The Morgan fingerprint density at radius 1 is 1.54 bits per heavy atom. The van der Waals surface area contributed by atoms with Gasteiger partial charge in [0, 0.05) is 6.42 Å². The number of carbonyl (C=O) groups excluding carboxylic acids is 1. The van der Waals surface area contributed by atoms with Gasteiger partial charge in [-0.1, -0.05) is 17.7 Å². The summed E-state index contributed by atoms with van der Waals surface area (Å²) in [6.45, 7) is 0. The lowest BCUT2D eigenvalue weighted by Crippen LogP contribution is -1.90. The monoisotopic (exact) mass is 196 g/mol. The fourth-order valence-corrected chi connectivity index (χ4v) is 0.957. The number of hydrogen-bond acceptors (Lipinski definition) is 3. The van der Waals surface area contributed by atoms with Gasteiger partial charge in [0.2, 0.25) is 0 Å². The van der Waals surface area contributed by atoms with E-state index in [1.165, 1.54) is 0 Å². The highest BCUT2D eigenvalue weighted by Gasteiger charge is 1.96. The average Bonchev–Trinajstić information content (AvgIpc) is 2.12. The van der Waals surface area contributed by atoms with Gasteiger partial charge in [-0.3, -0.25) is 0 Å². The first kappa shape index (κ1) is 9.74. The first-order valence-corrected chi connectivity index (χ1v) is 4.14. The summed E-state index contributed by atoms with van der Waals surface area (Å²) < 4.78 is 0. The highest BCUT2D eigenvalue weighted by molar-refractivity contribution is 6.31. The average molecular weight is 197 g/mol. The van der Waals surface area contributed by atoms with Gasteiger partial charge >= 0.3 is 0 Å². The highest BCUT2D eigenvalue weighted by Crippen LogP contribution is 2.15. The molecule has 1 aromatic rings. The summed E-state index contributed by atoms with van der Waals surface area (Å²) in [6, 6.07) is 3.42. The molecule has 1 aromatic heterocycles. The molecule has 0 fully saturated rings. The van der Waals surface area contributed by atoms with Crippen molar-refractivity contribution in [3.8, 4) is 0 Å². The Balaban J connectivity index is 2.79. The molecule has 0 unspecified atom stereocenters. The SMILES string of the molecule is Nc1ccc(C=CCC=O)nc1Cl. The minimum absolute atomic E-state index is 0.285. The molecule has 0 saturated carbocycles. The van der Waals surface area contributed by atoms with Gasteiger partial charge in [0.25, 0.3) is 0 Å². The Morgan fingerprint density at radius 2 is 2.31 bits per heavy atom. The number of aldehydes is 1. The first-order chi connectivity index (χ1) is 6.24. The third-order valence-corrected chi connectivity index (χ3v) is 1.72. The van der Waals surface area contributed by atoms with Crippen molar-refractivity contribution >= 4 is 29.7 Å². The summed E-state index contributed by atoms with van der Waals surface area (Å²) in [6.07, 6.45) is 4.63. The number of rotatable bonds is 3. The fraction of sp³-hybridized carbons (Fsp3) is 0.111. The maximum absolute atomic E-state index is 10.00. The molecule has 13 heavy (non-hydrogen) atoms. The van der Waals surface area contributed by atoms with E-state index in [0.717, 1.165) is 6.29 Å². The molecule has 0 aliphatic heterocycles. The van der Waals surface area contributed by atoms with Crippen LogP contribution < -0.4 is 5.73 Å². The number of nitrogen functional groups attached to an aromatic ring is 1. The summed E-state index contributed by atoms with van der Waals surface area (Å²) in [5.41, 5.74) is 6.62. The van der Waals surface area contributed by atoms with Gasteiger partial charge in [0.05, 0.1) is 11.4 Å². The van der Waals surface area contributed by atoms with E-state index in [1.807, 2.05) is 0 Å². The van der Waals surface area contributed by atoms with Crippen molar-refractivity contribution in [3.05, 3.63) is 29.1 Å². The van der Waals surface area contributed by atoms with Crippen LogP contribution in [0.4, 0.5) is 5.69 Å². The van der Waals surface area contributed by atoms with Crippen LogP contribution in [-0.2, 0) is 4.79 Å². The lowest BCUT2D eigenvalue weighted by Gasteiger charge is -1.97. The molecule has 1 heterocycles. The lowest BCUT2D eigenvalue weighted by molar-refractivity contribution is -0.107. The molecule has 4 heteroatoms. The Labute approximate surface area is 81.2 Å². The molecule has 0 radical (unpaired) electrons. The zero-order valence-electron chi connectivity index (χ0n) is 6.90. The number of anilines is 1. The summed E-state index contributed by atoms with van der Waals surface area (Å²) in [4.78, 5) is 14.0. The van der Waals surface area contributed by atoms with E-state index in [4.69, 9.17) is 17.3 Å². The largest absolute Gasteiger partial charge is 0.396 e. The van der Waals surface area contributed by atoms with Gasteiger partial charge in [-0.2, -0.15) is 0 Å². The van der Waals surface area contributed by atoms with Crippen LogP contribution in [0.3, 0.4) is 0 Å². The van der Waals surface area contributed by atoms with E-state index >= 15 is 0 Å². The van der Waals surface area contributed by atoms with Crippen LogP contribution in [0, 0.1) is 0 Å². The van der Waals surface area contributed by atoms with Gasteiger partial charge in [0.15, 0.2) is 5.15 Å². The standard InChI is InChI=1S/C9H9ClN2O/c10-9-8(11)5-4-7(12-9)3-1-2-6-13/h1,3-6H,2,11H2. The summed E-state index contributed by atoms with van der Waals surface area (Å²) in [5, 5.41) is 0.285. The van der Waals surface area contributed by atoms with Crippen molar-refractivity contribution < 1.29 is 4.79 Å². The number of hydrogen-bond donors (Lipinski definition) is 1. The van der Waals surface area contributed by atoms with E-state index in [0.29, 0.717) is 17.8 Å². The van der Waals surface area contributed by atoms with Gasteiger partial charge in [0.1, 0.15) is 6.29 Å². The van der Waals surface area contributed by atoms with Crippen molar-refractivity contribution in [2.75, 3.05) is 5.73 Å². The minimum atomic E-state index is 0.285. The van der Waals surface area contributed by atoms with Crippen LogP contribution in [0.25, 0.3) is 6.08 Å². The fourth-order valence-electron chi connectivity index (χ4n) is 0.796. The highest BCUT2D eigenvalue weighted by atomic mass is 35.5. The zero-order chi connectivity index (χ0) is 9.68. The normalized spacial score (nSPS) is 10.5. The van der Waals surface area contributed by atoms with Crippen LogP contribution in [-0.4, -0.2) is 11.3 Å². The molecular formula is C9H9ClN2O. The molecule has 2 N–H and O–H groups in total. The van der Waals surface area contributed by atoms with Gasteiger partial charge < -0.3 is 10.5 Å². The van der Waals surface area contributed by atoms with E-state index in [2.05, 4.69) is 4.98 Å². The van der Waals surface area contributed by atoms with E-state index in [1.54, 1.807) is 24.3 Å². The van der Waals surface area contributed by atoms with Crippen LogP contribution in [0.2, 0.25) is 5.15 Å². The number of pyridine rings is 1. The predicted molar refractivity (Wildman–Crippen MR) is 53.4 cm³/mol. The van der Waals surface area contributed by atoms with Gasteiger partial charge in [-0.05, 0) is 18.2 Å². The minimum Gasteiger partial charge on any atom is -0.396 e. The zero-order valence-corrected chi connectivity index (χ0v) is 7.66. The van der Waals surface area contributed by atoms with Crippen molar-refractivity contribution in [1.29, 1.82) is 0 Å². The second-order valence-electron chi connectivity index (χ2n) is 2.42. The molecule has 68 valence electrons. The summed E-state index contributed by atoms with van der Waals surface area (Å²) in [7, 11) is 0. The van der Waals surface area contributed by atoms with Crippen molar-refractivity contribution in [2.45, 2.75) is 6.42 Å². The van der Waals surface area contributed by atoms with E-state index in [-0.39, 0.29) is 5.15 Å². The molecule has 0 spiro atoms. The van der Waals surface area contributed by atoms with Crippen LogP contribution >= 0.6 is 11.6 Å². The van der Waals surface area contributed by atoms with Crippen LogP contribution in [0.1, 0.15) is 12.1 Å². The van der Waals surface area contributed by atoms with E-state index in [9.17, 15) is 4.79 Å². The predicted octanol–water partition coefficient (Wildman–Crippen LogP) is 1.92. The first-order valence-electron chi connectivity index (χ1n) is 3.76. The Kier molecular flexibility index (Phi) is 3.46.